The van der Waals surface area contributed by atoms with Gasteiger partial charge in [-0.1, -0.05) is 12.1 Å². The van der Waals surface area contributed by atoms with Gasteiger partial charge >= 0.3 is 18.4 Å². The number of alkyl halides is 6. The molecule has 0 aliphatic rings. The van der Waals surface area contributed by atoms with Crippen LogP contribution in [0.2, 0.25) is 0 Å². The van der Waals surface area contributed by atoms with E-state index in [-0.39, 0.29) is 37.7 Å². The number of carbonyl (C=O) groups excluding carboxylic acids is 2. The molecule has 0 aliphatic carbocycles. The van der Waals surface area contributed by atoms with Crippen molar-refractivity contribution in [1.82, 2.24) is 10.6 Å². The van der Waals surface area contributed by atoms with Gasteiger partial charge in [0.15, 0.2) is 0 Å². The maximum Gasteiger partial charge on any atom is 0.416 e. The molecule has 2 N–H and O–H groups in total. The number of alkyl carbamates (subject to hydrolysis) is 1. The van der Waals surface area contributed by atoms with Gasteiger partial charge in [0, 0.05) is 25.4 Å². The van der Waals surface area contributed by atoms with E-state index < -0.39 is 59.4 Å². The molecule has 6 nitrogen and oxygen atoms in total. The first-order chi connectivity index (χ1) is 17.9. The van der Waals surface area contributed by atoms with Gasteiger partial charge in [-0.15, -0.1) is 0 Å². The van der Waals surface area contributed by atoms with E-state index in [1.165, 1.54) is 12.1 Å². The van der Waals surface area contributed by atoms with E-state index >= 15 is 0 Å². The molecule has 39 heavy (non-hydrogen) atoms. The van der Waals surface area contributed by atoms with E-state index in [1.807, 2.05) is 0 Å². The second-order valence-corrected chi connectivity index (χ2v) is 9.66. The van der Waals surface area contributed by atoms with Crippen LogP contribution in [0, 0.1) is 5.82 Å². The Morgan fingerprint density at radius 2 is 1.44 bits per heavy atom. The van der Waals surface area contributed by atoms with Crippen LogP contribution in [-0.4, -0.2) is 37.3 Å². The Balaban J connectivity index is 2.03. The fourth-order valence-electron chi connectivity index (χ4n) is 3.35. The first-order valence-electron chi connectivity index (χ1n) is 11.8. The monoisotopic (exact) mass is 566 g/mol. The molecule has 0 saturated carbocycles. The fourth-order valence-corrected chi connectivity index (χ4v) is 3.35. The van der Waals surface area contributed by atoms with Crippen LogP contribution in [0.1, 0.15) is 55.4 Å². The van der Waals surface area contributed by atoms with Gasteiger partial charge in [0.25, 0.3) is 0 Å². The van der Waals surface area contributed by atoms with Crippen LogP contribution in [0.15, 0.2) is 42.5 Å². The topological polar surface area (TPSA) is 76.7 Å². The van der Waals surface area contributed by atoms with Gasteiger partial charge in [-0.05, 0) is 62.2 Å². The van der Waals surface area contributed by atoms with E-state index in [4.69, 9.17) is 9.47 Å². The summed E-state index contributed by atoms with van der Waals surface area (Å²) in [4.78, 5) is 23.9. The van der Waals surface area contributed by atoms with Crippen LogP contribution in [-0.2, 0) is 33.2 Å². The molecule has 2 aromatic rings. The van der Waals surface area contributed by atoms with Gasteiger partial charge in [-0.25, -0.2) is 9.18 Å². The standard InChI is InChI=1S/C26H29F7N2O4/c1-24(2,3)39-23(37)34-9-8-22(36)35-13-18(17-4-6-21(27)7-5-17)15-38-14-16-10-19(25(28,29)30)12-20(11-16)26(31,32)33/h4-7,10-12,18H,8-9,13-15H2,1-3H3,(H,34,37)(H,35,36). The molecule has 0 saturated heterocycles. The molecule has 2 amide bonds. The molecule has 2 rings (SSSR count). The molecule has 0 radical (unpaired) electrons. The number of halogens is 7. The molecular formula is C26H29F7N2O4. The Morgan fingerprint density at radius 3 is 1.95 bits per heavy atom. The van der Waals surface area contributed by atoms with Gasteiger partial charge in [0.2, 0.25) is 5.91 Å². The highest BCUT2D eigenvalue weighted by Gasteiger charge is 2.36. The van der Waals surface area contributed by atoms with Gasteiger partial charge < -0.3 is 20.1 Å². The average molecular weight is 567 g/mol. The van der Waals surface area contributed by atoms with Crippen molar-refractivity contribution in [2.24, 2.45) is 0 Å². The zero-order valence-electron chi connectivity index (χ0n) is 21.4. The summed E-state index contributed by atoms with van der Waals surface area (Å²) in [6.45, 7) is 4.21. The number of amides is 2. The molecule has 0 aromatic heterocycles. The number of nitrogens with one attached hydrogen (secondary N) is 2. The molecule has 0 spiro atoms. The molecule has 13 heteroatoms. The Bertz CT molecular complexity index is 1080. The predicted molar refractivity (Wildman–Crippen MR) is 127 cm³/mol. The van der Waals surface area contributed by atoms with Crippen molar-refractivity contribution in [3.63, 3.8) is 0 Å². The summed E-state index contributed by atoms with van der Waals surface area (Å²) >= 11 is 0. The summed E-state index contributed by atoms with van der Waals surface area (Å²) in [5.74, 6) is -1.59. The summed E-state index contributed by atoms with van der Waals surface area (Å²) in [6, 6.07) is 6.34. The highest BCUT2D eigenvalue weighted by atomic mass is 19.4. The van der Waals surface area contributed by atoms with Gasteiger partial charge in [-0.2, -0.15) is 26.3 Å². The Labute approximate surface area is 220 Å². The van der Waals surface area contributed by atoms with Crippen molar-refractivity contribution < 1.29 is 49.8 Å². The van der Waals surface area contributed by atoms with Crippen molar-refractivity contribution in [3.8, 4) is 0 Å². The first kappa shape index (κ1) is 31.9. The second kappa shape index (κ2) is 13.1. The lowest BCUT2D eigenvalue weighted by molar-refractivity contribution is -0.143. The van der Waals surface area contributed by atoms with Crippen molar-refractivity contribution in [2.45, 2.75) is 57.7 Å². The lowest BCUT2D eigenvalue weighted by Crippen LogP contribution is -2.36. The number of benzene rings is 2. The number of carbonyl (C=O) groups is 2. The minimum absolute atomic E-state index is 0.0183. The minimum Gasteiger partial charge on any atom is -0.444 e. The van der Waals surface area contributed by atoms with Gasteiger partial charge in [-0.3, -0.25) is 4.79 Å². The molecule has 2 aromatic carbocycles. The lowest BCUT2D eigenvalue weighted by Gasteiger charge is -2.20. The van der Waals surface area contributed by atoms with Crippen molar-refractivity contribution in [3.05, 3.63) is 70.5 Å². The third-order valence-electron chi connectivity index (χ3n) is 5.14. The highest BCUT2D eigenvalue weighted by Crippen LogP contribution is 2.36. The van der Waals surface area contributed by atoms with Crippen LogP contribution in [0.4, 0.5) is 35.5 Å². The van der Waals surface area contributed by atoms with Crippen LogP contribution >= 0.6 is 0 Å². The number of ether oxygens (including phenoxy) is 2. The normalized spacial score (nSPS) is 13.1. The molecule has 0 bridgehead atoms. The molecule has 0 fully saturated rings. The molecule has 216 valence electrons. The van der Waals surface area contributed by atoms with Gasteiger partial charge in [0.05, 0.1) is 24.3 Å². The first-order valence-corrected chi connectivity index (χ1v) is 11.8. The smallest absolute Gasteiger partial charge is 0.416 e. The quantitative estimate of drug-likeness (QED) is 0.336. The van der Waals surface area contributed by atoms with Crippen molar-refractivity contribution in [2.75, 3.05) is 19.7 Å². The molecule has 1 unspecified atom stereocenters. The van der Waals surface area contributed by atoms with Crippen LogP contribution in [0.5, 0.6) is 0 Å². The molecule has 0 aliphatic heterocycles. The van der Waals surface area contributed by atoms with E-state index in [0.717, 1.165) is 12.1 Å². The number of hydrogen-bond donors (Lipinski definition) is 2. The van der Waals surface area contributed by atoms with Crippen LogP contribution < -0.4 is 10.6 Å². The molecule has 1 atom stereocenters. The predicted octanol–water partition coefficient (Wildman–Crippen LogP) is 6.19. The highest BCUT2D eigenvalue weighted by molar-refractivity contribution is 5.77. The SMILES string of the molecule is CC(C)(C)OC(=O)NCCC(=O)NCC(COCc1cc(C(F)(F)F)cc(C(F)(F)F)c1)c1ccc(F)cc1. The van der Waals surface area contributed by atoms with E-state index in [9.17, 15) is 40.3 Å². The Kier molecular flexibility index (Phi) is 10.7. The summed E-state index contributed by atoms with van der Waals surface area (Å²) < 4.78 is 103. The van der Waals surface area contributed by atoms with E-state index in [2.05, 4.69) is 10.6 Å². The Morgan fingerprint density at radius 1 is 0.872 bits per heavy atom. The molecular weight excluding hydrogens is 537 g/mol. The zero-order valence-corrected chi connectivity index (χ0v) is 21.4. The summed E-state index contributed by atoms with van der Waals surface area (Å²) in [7, 11) is 0. The van der Waals surface area contributed by atoms with Crippen molar-refractivity contribution in [1.29, 1.82) is 0 Å². The zero-order chi connectivity index (χ0) is 29.4. The lowest BCUT2D eigenvalue weighted by atomic mass is 9.99. The summed E-state index contributed by atoms with van der Waals surface area (Å²) in [5, 5.41) is 5.05. The van der Waals surface area contributed by atoms with Crippen molar-refractivity contribution >= 4 is 12.0 Å². The number of rotatable bonds is 10. The largest absolute Gasteiger partial charge is 0.444 e. The third kappa shape index (κ3) is 11.5. The van der Waals surface area contributed by atoms with E-state index in [0.29, 0.717) is 17.7 Å². The van der Waals surface area contributed by atoms with Crippen LogP contribution in [0.25, 0.3) is 0 Å². The summed E-state index contributed by atoms with van der Waals surface area (Å²) in [6.07, 6.45) is -10.8. The fraction of sp³-hybridized carbons (Fsp3) is 0.462. The maximum absolute atomic E-state index is 13.4. The van der Waals surface area contributed by atoms with Gasteiger partial charge in [0.1, 0.15) is 11.4 Å². The summed E-state index contributed by atoms with van der Waals surface area (Å²) in [5.41, 5.74) is -3.45. The number of hydrogen-bond acceptors (Lipinski definition) is 4. The van der Waals surface area contributed by atoms with E-state index in [1.54, 1.807) is 20.8 Å². The Hall–Kier alpha value is -3.35. The maximum atomic E-state index is 13.4. The second-order valence-electron chi connectivity index (χ2n) is 9.66. The third-order valence-corrected chi connectivity index (χ3v) is 5.14. The average Bonchev–Trinajstić information content (AvgIpc) is 2.79. The van der Waals surface area contributed by atoms with Crippen LogP contribution in [0.3, 0.4) is 0 Å². The molecule has 0 heterocycles. The minimum atomic E-state index is -4.99.